The van der Waals surface area contributed by atoms with Gasteiger partial charge in [0, 0.05) is 24.7 Å². The number of nitrogens with zero attached hydrogens (tertiary/aromatic N) is 1. The molecule has 9 heteroatoms. The number of benzene rings is 3. The second-order valence-corrected chi connectivity index (χ2v) is 7.67. The van der Waals surface area contributed by atoms with Crippen LogP contribution in [-0.4, -0.2) is 41.9 Å². The fourth-order valence-corrected chi connectivity index (χ4v) is 3.83. The van der Waals surface area contributed by atoms with Crippen LogP contribution >= 0.6 is 0 Å². The average molecular weight is 457 g/mol. The molecule has 0 atom stereocenters. The van der Waals surface area contributed by atoms with Crippen LogP contribution in [0.3, 0.4) is 0 Å². The standard InChI is InChI=1S/C25H19N3O6/c29-22(11-12-28-24(31)16-5-1-2-6-17(16)25(28)32)27-19-8-4-3-7-18(19)23(30)26-15-9-10-20-21(13-15)34-14-33-20/h1-10,13H,11-12,14H2,(H,26,30)(H,27,29). The molecular formula is C25H19N3O6. The zero-order chi connectivity index (χ0) is 23.7. The third kappa shape index (κ3) is 3.95. The number of hydrogen-bond acceptors (Lipinski definition) is 6. The molecule has 5 rings (SSSR count). The number of hydrogen-bond donors (Lipinski definition) is 2. The fourth-order valence-electron chi connectivity index (χ4n) is 3.83. The maximum Gasteiger partial charge on any atom is 0.261 e. The number of fused-ring (bicyclic) bond motifs is 2. The predicted octanol–water partition coefficient (Wildman–Crippen LogP) is 3.29. The molecule has 0 aliphatic carbocycles. The van der Waals surface area contributed by atoms with E-state index in [1.54, 1.807) is 66.7 Å². The van der Waals surface area contributed by atoms with Crippen molar-refractivity contribution < 1.29 is 28.7 Å². The molecule has 0 unspecified atom stereocenters. The molecule has 3 aromatic carbocycles. The zero-order valence-electron chi connectivity index (χ0n) is 17.9. The minimum atomic E-state index is -0.431. The van der Waals surface area contributed by atoms with Gasteiger partial charge in [-0.2, -0.15) is 0 Å². The first-order valence-corrected chi connectivity index (χ1v) is 10.6. The van der Waals surface area contributed by atoms with Crippen molar-refractivity contribution in [3.8, 4) is 11.5 Å². The first kappa shape index (κ1) is 21.2. The number of carbonyl (C=O) groups excluding carboxylic acids is 4. The van der Waals surface area contributed by atoms with E-state index in [0.29, 0.717) is 34.0 Å². The molecule has 0 fully saturated rings. The molecule has 0 bridgehead atoms. The molecule has 0 radical (unpaired) electrons. The van der Waals surface area contributed by atoms with Crippen LogP contribution in [0.5, 0.6) is 11.5 Å². The van der Waals surface area contributed by atoms with Crippen LogP contribution in [0, 0.1) is 0 Å². The highest BCUT2D eigenvalue weighted by atomic mass is 16.7. The number of nitrogens with one attached hydrogen (secondary N) is 2. The Hall–Kier alpha value is -4.66. The third-order valence-corrected chi connectivity index (χ3v) is 5.52. The maximum atomic E-state index is 12.9. The molecule has 4 amide bonds. The van der Waals surface area contributed by atoms with Crippen LogP contribution < -0.4 is 20.1 Å². The van der Waals surface area contributed by atoms with Crippen LogP contribution in [0.4, 0.5) is 11.4 Å². The van der Waals surface area contributed by atoms with Gasteiger partial charge in [0.1, 0.15) is 0 Å². The highest BCUT2D eigenvalue weighted by Crippen LogP contribution is 2.34. The molecule has 34 heavy (non-hydrogen) atoms. The van der Waals surface area contributed by atoms with Gasteiger partial charge in [-0.25, -0.2) is 0 Å². The lowest BCUT2D eigenvalue weighted by Crippen LogP contribution is -2.33. The van der Waals surface area contributed by atoms with Crippen molar-refractivity contribution in [1.82, 2.24) is 4.90 Å². The van der Waals surface area contributed by atoms with E-state index in [4.69, 9.17) is 9.47 Å². The quantitative estimate of drug-likeness (QED) is 0.549. The number of anilines is 2. The Morgan fingerprint density at radius 2 is 1.50 bits per heavy atom. The van der Waals surface area contributed by atoms with Crippen molar-refractivity contribution in [2.45, 2.75) is 6.42 Å². The summed E-state index contributed by atoms with van der Waals surface area (Å²) in [5, 5.41) is 5.48. The van der Waals surface area contributed by atoms with Gasteiger partial charge in [-0.3, -0.25) is 24.1 Å². The molecule has 0 aromatic heterocycles. The summed E-state index contributed by atoms with van der Waals surface area (Å²) in [6.45, 7) is 0.0616. The van der Waals surface area contributed by atoms with Crippen molar-refractivity contribution in [2.75, 3.05) is 24.0 Å². The van der Waals surface area contributed by atoms with Crippen molar-refractivity contribution in [1.29, 1.82) is 0 Å². The van der Waals surface area contributed by atoms with Crippen LogP contribution in [0.25, 0.3) is 0 Å². The van der Waals surface area contributed by atoms with E-state index in [0.717, 1.165) is 4.90 Å². The third-order valence-electron chi connectivity index (χ3n) is 5.52. The van der Waals surface area contributed by atoms with Gasteiger partial charge < -0.3 is 20.1 Å². The van der Waals surface area contributed by atoms with Gasteiger partial charge in [0.2, 0.25) is 12.7 Å². The van der Waals surface area contributed by atoms with E-state index >= 15 is 0 Å². The largest absolute Gasteiger partial charge is 0.454 e. The smallest absolute Gasteiger partial charge is 0.261 e. The number of amides is 4. The number of rotatable bonds is 6. The lowest BCUT2D eigenvalue weighted by molar-refractivity contribution is -0.116. The summed E-state index contributed by atoms with van der Waals surface area (Å²) in [5.74, 6) is -0.555. The summed E-state index contributed by atoms with van der Waals surface area (Å²) >= 11 is 0. The van der Waals surface area contributed by atoms with Crippen molar-refractivity contribution >= 4 is 35.0 Å². The Bertz CT molecular complexity index is 1300. The lowest BCUT2D eigenvalue weighted by atomic mass is 10.1. The van der Waals surface area contributed by atoms with Crippen molar-refractivity contribution in [3.63, 3.8) is 0 Å². The first-order chi connectivity index (χ1) is 16.5. The lowest BCUT2D eigenvalue weighted by Gasteiger charge is -2.15. The summed E-state index contributed by atoms with van der Waals surface area (Å²) in [6, 6.07) is 18.2. The van der Waals surface area contributed by atoms with E-state index in [1.807, 2.05) is 0 Å². The Morgan fingerprint density at radius 1 is 0.824 bits per heavy atom. The van der Waals surface area contributed by atoms with Gasteiger partial charge in [-0.1, -0.05) is 24.3 Å². The van der Waals surface area contributed by atoms with E-state index in [2.05, 4.69) is 10.6 Å². The van der Waals surface area contributed by atoms with Gasteiger partial charge in [0.25, 0.3) is 17.7 Å². The van der Waals surface area contributed by atoms with E-state index in [-0.39, 0.29) is 25.3 Å². The first-order valence-electron chi connectivity index (χ1n) is 10.6. The SMILES string of the molecule is O=C(CCN1C(=O)c2ccccc2C1=O)Nc1ccccc1C(=O)Nc1ccc2c(c1)OCO2. The highest BCUT2D eigenvalue weighted by Gasteiger charge is 2.35. The number of imide groups is 1. The number of carbonyl (C=O) groups is 4. The molecule has 2 aliphatic rings. The van der Waals surface area contributed by atoms with Gasteiger partial charge in [0.15, 0.2) is 11.5 Å². The summed E-state index contributed by atoms with van der Waals surface area (Å²) < 4.78 is 10.6. The Labute approximate surface area is 194 Å². The Balaban J connectivity index is 1.23. The summed E-state index contributed by atoms with van der Waals surface area (Å²) in [4.78, 5) is 51.5. The Morgan fingerprint density at radius 3 is 2.26 bits per heavy atom. The summed E-state index contributed by atoms with van der Waals surface area (Å²) in [7, 11) is 0. The second-order valence-electron chi connectivity index (χ2n) is 7.67. The van der Waals surface area contributed by atoms with E-state index in [9.17, 15) is 19.2 Å². The van der Waals surface area contributed by atoms with Gasteiger partial charge in [-0.15, -0.1) is 0 Å². The fraction of sp³-hybridized carbons (Fsp3) is 0.120. The van der Waals surface area contributed by atoms with Crippen LogP contribution in [-0.2, 0) is 4.79 Å². The van der Waals surface area contributed by atoms with Crippen molar-refractivity contribution in [2.24, 2.45) is 0 Å². The topological polar surface area (TPSA) is 114 Å². The second kappa shape index (κ2) is 8.70. The minimum Gasteiger partial charge on any atom is -0.454 e. The molecule has 2 aliphatic heterocycles. The van der Waals surface area contributed by atoms with Gasteiger partial charge in [-0.05, 0) is 36.4 Å². The normalized spacial score (nSPS) is 13.6. The predicted molar refractivity (Wildman–Crippen MR) is 122 cm³/mol. The molecule has 0 saturated heterocycles. The van der Waals surface area contributed by atoms with Crippen LogP contribution in [0.1, 0.15) is 37.5 Å². The molecule has 3 aromatic rings. The molecule has 2 N–H and O–H groups in total. The van der Waals surface area contributed by atoms with E-state index in [1.165, 1.54) is 0 Å². The number of para-hydroxylation sites is 1. The van der Waals surface area contributed by atoms with Crippen LogP contribution in [0.15, 0.2) is 66.7 Å². The molecule has 170 valence electrons. The summed E-state index contributed by atoms with van der Waals surface area (Å²) in [6.07, 6.45) is -0.108. The van der Waals surface area contributed by atoms with Crippen LogP contribution in [0.2, 0.25) is 0 Å². The number of ether oxygens (including phenoxy) is 2. The van der Waals surface area contributed by atoms with Gasteiger partial charge >= 0.3 is 0 Å². The molecular weight excluding hydrogens is 438 g/mol. The highest BCUT2D eigenvalue weighted by molar-refractivity contribution is 6.21. The summed E-state index contributed by atoms with van der Waals surface area (Å²) in [5.41, 5.74) is 1.75. The molecule has 2 heterocycles. The van der Waals surface area contributed by atoms with Gasteiger partial charge in [0.05, 0.1) is 22.4 Å². The molecule has 9 nitrogen and oxygen atoms in total. The molecule has 0 spiro atoms. The molecule has 0 saturated carbocycles. The maximum absolute atomic E-state index is 12.9. The average Bonchev–Trinajstić information content (AvgIpc) is 3.40. The Kier molecular flexibility index (Phi) is 5.43. The van der Waals surface area contributed by atoms with E-state index < -0.39 is 23.6 Å². The zero-order valence-corrected chi connectivity index (χ0v) is 17.9. The van der Waals surface area contributed by atoms with Crippen molar-refractivity contribution in [3.05, 3.63) is 83.4 Å². The monoisotopic (exact) mass is 457 g/mol. The minimum absolute atomic E-state index is 0.0657.